The number of anilines is 1. The lowest BCUT2D eigenvalue weighted by molar-refractivity contribution is 0.183. The molecule has 18 heavy (non-hydrogen) atoms. The zero-order chi connectivity index (χ0) is 13.1. The molecule has 1 aromatic carbocycles. The van der Waals surface area contributed by atoms with Crippen LogP contribution in [-0.2, 0) is 11.3 Å². The van der Waals surface area contributed by atoms with E-state index < -0.39 is 0 Å². The minimum atomic E-state index is -0.386. The summed E-state index contributed by atoms with van der Waals surface area (Å²) >= 11 is 0. The van der Waals surface area contributed by atoms with E-state index >= 15 is 0 Å². The van der Waals surface area contributed by atoms with Gasteiger partial charge in [-0.3, -0.25) is 4.68 Å². The van der Waals surface area contributed by atoms with Gasteiger partial charge in [-0.15, -0.1) is 0 Å². The van der Waals surface area contributed by atoms with E-state index in [2.05, 4.69) is 5.10 Å². The Labute approximate surface area is 105 Å². The number of nitrogens with zero attached hydrogens (tertiary/aromatic N) is 2. The summed E-state index contributed by atoms with van der Waals surface area (Å²) in [6.07, 6.45) is 3.65. The predicted molar refractivity (Wildman–Crippen MR) is 68.6 cm³/mol. The number of hydrogen-bond donors (Lipinski definition) is 1. The number of halogens is 1. The first kappa shape index (κ1) is 12.6. The number of aryl methyl sites for hydroxylation is 1. The summed E-state index contributed by atoms with van der Waals surface area (Å²) in [4.78, 5) is 0. The Kier molecular flexibility index (Phi) is 3.62. The molecule has 0 fully saturated rings. The van der Waals surface area contributed by atoms with Crippen molar-refractivity contribution in [1.29, 1.82) is 0 Å². The Hall–Kier alpha value is -1.88. The molecule has 0 radical (unpaired) electrons. The van der Waals surface area contributed by atoms with Crippen LogP contribution in [0, 0.1) is 12.7 Å². The van der Waals surface area contributed by atoms with Gasteiger partial charge in [-0.25, -0.2) is 4.39 Å². The maximum atomic E-state index is 13.3. The second-order valence-electron chi connectivity index (χ2n) is 4.17. The van der Waals surface area contributed by atoms with Crippen molar-refractivity contribution in [2.75, 3.05) is 19.5 Å². The molecule has 5 heteroatoms. The van der Waals surface area contributed by atoms with Gasteiger partial charge in [-0.1, -0.05) is 0 Å². The van der Waals surface area contributed by atoms with Crippen LogP contribution in [0.25, 0.3) is 11.1 Å². The Bertz CT molecular complexity index is 551. The number of nitrogen functional groups attached to an aromatic ring is 1. The smallest absolute Gasteiger partial charge is 0.146 e. The molecule has 0 unspecified atom stereocenters. The lowest BCUT2D eigenvalue weighted by Crippen LogP contribution is -2.03. The third-order valence-electron chi connectivity index (χ3n) is 2.81. The summed E-state index contributed by atoms with van der Waals surface area (Å²) in [7, 11) is 1.65. The molecule has 0 bridgehead atoms. The molecule has 1 heterocycles. The van der Waals surface area contributed by atoms with Crippen LogP contribution >= 0.6 is 0 Å². The SMILES string of the molecule is COCCn1cc(-c2cc(N)c(F)cc2C)cn1. The van der Waals surface area contributed by atoms with Gasteiger partial charge in [-0.2, -0.15) is 5.10 Å². The highest BCUT2D eigenvalue weighted by molar-refractivity contribution is 5.70. The molecule has 0 saturated carbocycles. The number of hydrogen-bond acceptors (Lipinski definition) is 3. The van der Waals surface area contributed by atoms with Crippen molar-refractivity contribution in [3.8, 4) is 11.1 Å². The largest absolute Gasteiger partial charge is 0.396 e. The lowest BCUT2D eigenvalue weighted by atomic mass is 10.0. The average Bonchev–Trinajstić information content (AvgIpc) is 2.79. The van der Waals surface area contributed by atoms with Crippen LogP contribution in [0.2, 0.25) is 0 Å². The second-order valence-corrected chi connectivity index (χ2v) is 4.17. The normalized spacial score (nSPS) is 10.8. The molecule has 0 aliphatic carbocycles. The molecule has 0 amide bonds. The van der Waals surface area contributed by atoms with Gasteiger partial charge in [0.25, 0.3) is 0 Å². The van der Waals surface area contributed by atoms with Crippen LogP contribution in [0.15, 0.2) is 24.5 Å². The topological polar surface area (TPSA) is 53.1 Å². The maximum absolute atomic E-state index is 13.3. The van der Waals surface area contributed by atoms with Crippen molar-refractivity contribution in [2.24, 2.45) is 0 Å². The minimum Gasteiger partial charge on any atom is -0.396 e. The van der Waals surface area contributed by atoms with Crippen molar-refractivity contribution in [3.63, 3.8) is 0 Å². The third-order valence-corrected chi connectivity index (χ3v) is 2.81. The van der Waals surface area contributed by atoms with Crippen molar-refractivity contribution in [1.82, 2.24) is 9.78 Å². The fraction of sp³-hybridized carbons (Fsp3) is 0.308. The standard InChI is InChI=1S/C13H16FN3O/c1-9-5-12(14)13(15)6-11(9)10-7-16-17(8-10)3-4-18-2/h5-8H,3-4,15H2,1-2H3. The van der Waals surface area contributed by atoms with Gasteiger partial charge in [0, 0.05) is 18.9 Å². The highest BCUT2D eigenvalue weighted by Crippen LogP contribution is 2.26. The number of aromatic nitrogens is 2. The van der Waals surface area contributed by atoms with E-state index in [1.165, 1.54) is 6.07 Å². The zero-order valence-corrected chi connectivity index (χ0v) is 10.5. The second kappa shape index (κ2) is 5.18. The van der Waals surface area contributed by atoms with Gasteiger partial charge in [-0.05, 0) is 30.2 Å². The number of ether oxygens (including phenoxy) is 1. The Morgan fingerprint density at radius 3 is 2.94 bits per heavy atom. The first-order valence-electron chi connectivity index (χ1n) is 5.69. The lowest BCUT2D eigenvalue weighted by Gasteiger charge is -2.05. The van der Waals surface area contributed by atoms with E-state index in [0.29, 0.717) is 13.2 Å². The van der Waals surface area contributed by atoms with Crippen LogP contribution in [0.4, 0.5) is 10.1 Å². The van der Waals surface area contributed by atoms with Crippen LogP contribution < -0.4 is 5.73 Å². The van der Waals surface area contributed by atoms with Gasteiger partial charge in [0.05, 0.1) is 25.0 Å². The molecule has 2 aromatic rings. The zero-order valence-electron chi connectivity index (χ0n) is 10.5. The number of rotatable bonds is 4. The molecule has 0 atom stereocenters. The third kappa shape index (κ3) is 2.51. The van der Waals surface area contributed by atoms with Gasteiger partial charge in [0.1, 0.15) is 5.82 Å². The van der Waals surface area contributed by atoms with Crippen LogP contribution in [0.3, 0.4) is 0 Å². The van der Waals surface area contributed by atoms with Crippen LogP contribution in [-0.4, -0.2) is 23.5 Å². The fourth-order valence-electron chi connectivity index (χ4n) is 1.81. The van der Waals surface area contributed by atoms with E-state index in [4.69, 9.17) is 10.5 Å². The summed E-state index contributed by atoms with van der Waals surface area (Å²) in [5, 5.41) is 4.23. The molecule has 0 aliphatic heterocycles. The minimum absolute atomic E-state index is 0.153. The van der Waals surface area contributed by atoms with Gasteiger partial charge < -0.3 is 10.5 Å². The summed E-state index contributed by atoms with van der Waals surface area (Å²) in [5.41, 5.74) is 8.41. The first-order valence-corrected chi connectivity index (χ1v) is 5.69. The summed E-state index contributed by atoms with van der Waals surface area (Å²) in [6, 6.07) is 3.08. The number of benzene rings is 1. The fourth-order valence-corrected chi connectivity index (χ4v) is 1.81. The predicted octanol–water partition coefficient (Wildman–Crippen LogP) is 2.23. The molecular formula is C13H16FN3O. The Balaban J connectivity index is 2.31. The molecular weight excluding hydrogens is 233 g/mol. The monoisotopic (exact) mass is 249 g/mol. The Morgan fingerprint density at radius 1 is 1.44 bits per heavy atom. The molecule has 4 nitrogen and oxygen atoms in total. The number of methoxy groups -OCH3 is 1. The quantitative estimate of drug-likeness (QED) is 0.845. The van der Waals surface area contributed by atoms with Crippen LogP contribution in [0.5, 0.6) is 0 Å². The Morgan fingerprint density at radius 2 is 2.22 bits per heavy atom. The number of nitrogens with two attached hydrogens (primary N) is 1. The van der Waals surface area contributed by atoms with E-state index in [9.17, 15) is 4.39 Å². The van der Waals surface area contributed by atoms with E-state index in [1.54, 1.807) is 24.1 Å². The van der Waals surface area contributed by atoms with Gasteiger partial charge in [0.15, 0.2) is 0 Å². The highest BCUT2D eigenvalue weighted by Gasteiger charge is 2.08. The highest BCUT2D eigenvalue weighted by atomic mass is 19.1. The molecule has 2 N–H and O–H groups in total. The molecule has 0 saturated heterocycles. The molecule has 0 aliphatic rings. The van der Waals surface area contributed by atoms with E-state index in [0.717, 1.165) is 16.7 Å². The van der Waals surface area contributed by atoms with E-state index in [-0.39, 0.29) is 11.5 Å². The van der Waals surface area contributed by atoms with Gasteiger partial charge in [0.2, 0.25) is 0 Å². The van der Waals surface area contributed by atoms with Crippen LogP contribution in [0.1, 0.15) is 5.56 Å². The summed E-state index contributed by atoms with van der Waals surface area (Å²) < 4.78 is 20.1. The van der Waals surface area contributed by atoms with E-state index in [1.807, 2.05) is 13.1 Å². The molecule has 1 aromatic heterocycles. The first-order chi connectivity index (χ1) is 8.61. The van der Waals surface area contributed by atoms with Gasteiger partial charge >= 0.3 is 0 Å². The molecule has 96 valence electrons. The van der Waals surface area contributed by atoms with Crippen molar-refractivity contribution < 1.29 is 9.13 Å². The van der Waals surface area contributed by atoms with Crippen molar-refractivity contribution >= 4 is 5.69 Å². The summed E-state index contributed by atoms with van der Waals surface area (Å²) in [5.74, 6) is -0.386. The molecule has 0 spiro atoms. The maximum Gasteiger partial charge on any atom is 0.146 e. The summed E-state index contributed by atoms with van der Waals surface area (Å²) in [6.45, 7) is 3.14. The average molecular weight is 249 g/mol. The van der Waals surface area contributed by atoms with Crippen molar-refractivity contribution in [3.05, 3.63) is 35.9 Å². The van der Waals surface area contributed by atoms with Crippen molar-refractivity contribution in [2.45, 2.75) is 13.5 Å². The molecule has 2 rings (SSSR count).